The Balaban J connectivity index is 1.63. The molecule has 2 heterocycles. The number of aromatic nitrogens is 1. The van der Waals surface area contributed by atoms with Gasteiger partial charge < -0.3 is 10.4 Å². The summed E-state index contributed by atoms with van der Waals surface area (Å²) in [6.07, 6.45) is 1.97. The minimum Gasteiger partial charge on any atom is -0.504 e. The van der Waals surface area contributed by atoms with Crippen molar-refractivity contribution in [3.63, 3.8) is 0 Å². The third kappa shape index (κ3) is 3.50. The van der Waals surface area contributed by atoms with Gasteiger partial charge in [0.05, 0.1) is 11.7 Å². The third-order valence-corrected chi connectivity index (χ3v) is 4.40. The van der Waals surface area contributed by atoms with Crippen molar-refractivity contribution in [2.75, 3.05) is 10.3 Å². The summed E-state index contributed by atoms with van der Waals surface area (Å²) in [4.78, 5) is 16.7. The van der Waals surface area contributed by atoms with E-state index in [1.807, 2.05) is 65.7 Å². The number of carbonyl (C=O) groups excluding carboxylic acids is 1. The lowest BCUT2D eigenvalue weighted by atomic mass is 10.0. The Morgan fingerprint density at radius 1 is 1.00 bits per heavy atom. The molecule has 3 aromatic rings. The molecule has 1 aromatic heterocycles. The molecule has 1 aliphatic rings. The highest BCUT2D eigenvalue weighted by atomic mass is 16.3. The predicted octanol–water partition coefficient (Wildman–Crippen LogP) is 3.73. The number of carbonyl (C=O) groups is 1. The van der Waals surface area contributed by atoms with Gasteiger partial charge in [-0.25, -0.2) is 4.98 Å². The standard InChI is InChI=1S/C21H18N4O2/c26-19-12-7-13-22-20(19)23-21(27)17-14-18(15-8-3-1-4-9-15)25(24-17)16-10-5-2-6-11-16/h1-13,18,26H,14H2,(H,22,23,27)/t18-/m0/s1. The van der Waals surface area contributed by atoms with Crippen molar-refractivity contribution in [3.05, 3.63) is 84.6 Å². The number of benzene rings is 2. The summed E-state index contributed by atoms with van der Waals surface area (Å²) in [6.45, 7) is 0. The zero-order chi connectivity index (χ0) is 18.6. The largest absolute Gasteiger partial charge is 0.504 e. The summed E-state index contributed by atoms with van der Waals surface area (Å²) in [6, 6.07) is 22.7. The number of hydrogen-bond acceptors (Lipinski definition) is 5. The molecule has 134 valence electrons. The van der Waals surface area contributed by atoms with Crippen molar-refractivity contribution < 1.29 is 9.90 Å². The first kappa shape index (κ1) is 16.8. The number of rotatable bonds is 4. The van der Waals surface area contributed by atoms with Crippen molar-refractivity contribution in [2.45, 2.75) is 12.5 Å². The average molecular weight is 358 g/mol. The molecular formula is C21H18N4O2. The smallest absolute Gasteiger partial charge is 0.273 e. The van der Waals surface area contributed by atoms with E-state index in [9.17, 15) is 9.90 Å². The summed E-state index contributed by atoms with van der Waals surface area (Å²) < 4.78 is 0. The molecule has 0 saturated carbocycles. The lowest BCUT2D eigenvalue weighted by Gasteiger charge is -2.23. The van der Waals surface area contributed by atoms with Crippen molar-refractivity contribution in [2.24, 2.45) is 5.10 Å². The van der Waals surface area contributed by atoms with Crippen LogP contribution in [0.15, 0.2) is 84.1 Å². The van der Waals surface area contributed by atoms with Gasteiger partial charge >= 0.3 is 0 Å². The van der Waals surface area contributed by atoms with Gasteiger partial charge in [-0.1, -0.05) is 48.5 Å². The summed E-state index contributed by atoms with van der Waals surface area (Å²) in [7, 11) is 0. The number of hydrazone groups is 1. The monoisotopic (exact) mass is 358 g/mol. The average Bonchev–Trinajstić information content (AvgIpc) is 3.17. The Bertz CT molecular complexity index is 974. The molecule has 0 bridgehead atoms. The maximum absolute atomic E-state index is 12.7. The van der Waals surface area contributed by atoms with Gasteiger partial charge in [0.1, 0.15) is 5.71 Å². The molecular weight excluding hydrogens is 340 g/mol. The van der Waals surface area contributed by atoms with E-state index in [0.29, 0.717) is 12.1 Å². The fourth-order valence-electron chi connectivity index (χ4n) is 3.07. The lowest BCUT2D eigenvalue weighted by molar-refractivity contribution is -0.110. The maximum atomic E-state index is 12.7. The fourth-order valence-corrected chi connectivity index (χ4v) is 3.07. The Labute approximate surface area is 156 Å². The van der Waals surface area contributed by atoms with Crippen LogP contribution in [0.1, 0.15) is 18.0 Å². The van der Waals surface area contributed by atoms with Gasteiger partial charge in [-0.2, -0.15) is 5.10 Å². The lowest BCUT2D eigenvalue weighted by Crippen LogP contribution is -2.22. The van der Waals surface area contributed by atoms with Crippen LogP contribution >= 0.6 is 0 Å². The molecule has 27 heavy (non-hydrogen) atoms. The van der Waals surface area contributed by atoms with E-state index in [4.69, 9.17) is 0 Å². The third-order valence-electron chi connectivity index (χ3n) is 4.40. The Hall–Kier alpha value is -3.67. The maximum Gasteiger partial charge on any atom is 0.273 e. The molecule has 4 rings (SSSR count). The van der Waals surface area contributed by atoms with Crippen molar-refractivity contribution >= 4 is 23.1 Å². The van der Waals surface area contributed by atoms with Crippen LogP contribution in [0, 0.1) is 0 Å². The molecule has 1 amide bonds. The molecule has 6 nitrogen and oxygen atoms in total. The number of nitrogens with one attached hydrogen (secondary N) is 1. The Morgan fingerprint density at radius 3 is 2.41 bits per heavy atom. The minimum absolute atomic E-state index is 0.0771. The number of anilines is 2. The van der Waals surface area contributed by atoms with E-state index in [-0.39, 0.29) is 23.5 Å². The number of aromatic hydroxyl groups is 1. The number of hydrogen-bond donors (Lipinski definition) is 2. The van der Waals surface area contributed by atoms with Crippen LogP contribution in [0.5, 0.6) is 5.75 Å². The molecule has 0 saturated heterocycles. The molecule has 2 N–H and O–H groups in total. The van der Waals surface area contributed by atoms with Crippen molar-refractivity contribution in [3.8, 4) is 5.75 Å². The van der Waals surface area contributed by atoms with E-state index in [0.717, 1.165) is 11.3 Å². The normalized spacial score (nSPS) is 16.1. The first-order valence-corrected chi connectivity index (χ1v) is 8.64. The Morgan fingerprint density at radius 2 is 1.70 bits per heavy atom. The van der Waals surface area contributed by atoms with Gasteiger partial charge in [0.25, 0.3) is 5.91 Å². The molecule has 0 fully saturated rings. The van der Waals surface area contributed by atoms with Crippen LogP contribution in [-0.2, 0) is 4.79 Å². The summed E-state index contributed by atoms with van der Waals surface area (Å²) in [5.41, 5.74) is 2.38. The summed E-state index contributed by atoms with van der Waals surface area (Å²) in [5.74, 6) is -0.327. The Kier molecular flexibility index (Phi) is 4.53. The van der Waals surface area contributed by atoms with E-state index >= 15 is 0 Å². The van der Waals surface area contributed by atoms with Crippen molar-refractivity contribution in [1.82, 2.24) is 4.98 Å². The molecule has 6 heteroatoms. The minimum atomic E-state index is -0.372. The molecule has 2 aromatic carbocycles. The zero-order valence-corrected chi connectivity index (χ0v) is 14.5. The predicted molar refractivity (Wildman–Crippen MR) is 105 cm³/mol. The number of nitrogens with zero attached hydrogens (tertiary/aromatic N) is 3. The second kappa shape index (κ2) is 7.29. The number of pyridine rings is 1. The van der Waals surface area contributed by atoms with Crippen LogP contribution < -0.4 is 10.3 Å². The van der Waals surface area contributed by atoms with Gasteiger partial charge in [0.15, 0.2) is 11.6 Å². The molecule has 0 radical (unpaired) electrons. The highest BCUT2D eigenvalue weighted by molar-refractivity contribution is 6.43. The quantitative estimate of drug-likeness (QED) is 0.745. The van der Waals surface area contributed by atoms with Crippen LogP contribution in [0.4, 0.5) is 11.5 Å². The second-order valence-corrected chi connectivity index (χ2v) is 6.18. The van der Waals surface area contributed by atoms with E-state index in [1.54, 1.807) is 6.07 Å². The fraction of sp³-hybridized carbons (Fsp3) is 0.0952. The summed E-state index contributed by atoms with van der Waals surface area (Å²) in [5, 5.41) is 18.9. The highest BCUT2D eigenvalue weighted by Gasteiger charge is 2.32. The van der Waals surface area contributed by atoms with Gasteiger partial charge in [0.2, 0.25) is 0 Å². The van der Waals surface area contributed by atoms with Gasteiger partial charge in [-0.3, -0.25) is 9.80 Å². The van der Waals surface area contributed by atoms with Gasteiger partial charge in [-0.05, 0) is 29.8 Å². The van der Waals surface area contributed by atoms with E-state index in [1.165, 1.54) is 12.3 Å². The molecule has 0 unspecified atom stereocenters. The van der Waals surface area contributed by atoms with E-state index in [2.05, 4.69) is 15.4 Å². The molecule has 1 aliphatic heterocycles. The first-order valence-electron chi connectivity index (χ1n) is 8.64. The van der Waals surface area contributed by atoms with Gasteiger partial charge in [-0.15, -0.1) is 0 Å². The molecule has 0 aliphatic carbocycles. The van der Waals surface area contributed by atoms with E-state index < -0.39 is 0 Å². The van der Waals surface area contributed by atoms with Crippen LogP contribution in [0.25, 0.3) is 0 Å². The highest BCUT2D eigenvalue weighted by Crippen LogP contribution is 2.35. The molecule has 1 atom stereocenters. The van der Waals surface area contributed by atoms with Gasteiger partial charge in [0, 0.05) is 12.6 Å². The van der Waals surface area contributed by atoms with Crippen LogP contribution in [0.2, 0.25) is 0 Å². The first-order chi connectivity index (χ1) is 13.2. The molecule has 0 spiro atoms. The SMILES string of the molecule is O=C(Nc1ncccc1O)C1=NN(c2ccccc2)[C@H](c2ccccc2)C1. The summed E-state index contributed by atoms with van der Waals surface area (Å²) >= 11 is 0. The topological polar surface area (TPSA) is 77.8 Å². The number of amides is 1. The van der Waals surface area contributed by atoms with Crippen molar-refractivity contribution in [1.29, 1.82) is 0 Å². The van der Waals surface area contributed by atoms with Crippen LogP contribution in [0.3, 0.4) is 0 Å². The number of para-hydroxylation sites is 1. The zero-order valence-electron chi connectivity index (χ0n) is 14.5. The second-order valence-electron chi connectivity index (χ2n) is 6.18. The van der Waals surface area contributed by atoms with Crippen LogP contribution in [-0.4, -0.2) is 21.7 Å².